The van der Waals surface area contributed by atoms with Crippen molar-refractivity contribution in [1.29, 1.82) is 0 Å². The Hall–Kier alpha value is -0.150. The molecule has 2 atom stereocenters. The Morgan fingerprint density at radius 1 is 1.12 bits per heavy atom. The van der Waals surface area contributed by atoms with Crippen molar-refractivity contribution in [2.75, 3.05) is 5.32 Å². The average molecular weight is 476 g/mol. The summed E-state index contributed by atoms with van der Waals surface area (Å²) in [5, 5.41) is 14.9. The minimum absolute atomic E-state index is 0.0892. The van der Waals surface area contributed by atoms with E-state index in [1.54, 1.807) is 0 Å². The van der Waals surface area contributed by atoms with Crippen molar-refractivity contribution < 1.29 is 26.0 Å². The Bertz CT molecular complexity index is 682. The molecule has 0 aliphatic heterocycles. The third-order valence-corrected chi connectivity index (χ3v) is 6.20. The summed E-state index contributed by atoms with van der Waals surface area (Å²) in [5.74, 6) is 0.379. The molecule has 136 valence electrons. The zero-order valence-corrected chi connectivity index (χ0v) is 20.7. The number of anilines is 1. The fourth-order valence-electron chi connectivity index (χ4n) is 3.14. The normalized spacial score (nSPS) is 17.7. The molecule has 1 aromatic carbocycles. The van der Waals surface area contributed by atoms with E-state index in [9.17, 15) is 5.11 Å². The fraction of sp³-hybridized carbons (Fsp3) is 0.421. The van der Waals surface area contributed by atoms with Crippen molar-refractivity contribution in [1.82, 2.24) is 0 Å². The number of hydrogen-bond donors (Lipinski definition) is 2. The Morgan fingerprint density at radius 3 is 2.04 bits per heavy atom. The van der Waals surface area contributed by atoms with E-state index in [-0.39, 0.29) is 6.04 Å². The Morgan fingerprint density at radius 2 is 1.64 bits per heavy atom. The predicted molar refractivity (Wildman–Crippen MR) is 110 cm³/mol. The zero-order valence-electron chi connectivity index (χ0n) is 15.7. The van der Waals surface area contributed by atoms with E-state index in [4.69, 9.17) is 17.0 Å². The second-order valence-corrected chi connectivity index (χ2v) is 12.8. The van der Waals surface area contributed by atoms with E-state index in [0.29, 0.717) is 11.3 Å². The topological polar surface area (TPSA) is 32.3 Å². The molecule has 0 aromatic heterocycles. The van der Waals surface area contributed by atoms with Gasteiger partial charge >= 0.3 is 37.9 Å². The Balaban J connectivity index is 0.000000970. The summed E-state index contributed by atoms with van der Waals surface area (Å²) in [7, 11) is 8.98. The average Bonchev–Trinajstić information content (AvgIpc) is 2.77. The molecule has 0 bridgehead atoms. The summed E-state index contributed by atoms with van der Waals surface area (Å²) in [4.78, 5) is 0. The summed E-state index contributed by atoms with van der Waals surface area (Å²) in [6.45, 7) is 13.1. The van der Waals surface area contributed by atoms with Crippen molar-refractivity contribution in [3.8, 4) is 0 Å². The first kappa shape index (κ1) is 22.9. The van der Waals surface area contributed by atoms with Gasteiger partial charge in [0, 0.05) is 11.6 Å². The van der Waals surface area contributed by atoms with Gasteiger partial charge in [0.1, 0.15) is 6.04 Å². The van der Waals surface area contributed by atoms with E-state index in [1.807, 2.05) is 18.2 Å². The third-order valence-electron chi connectivity index (χ3n) is 4.88. The first-order valence-corrected chi connectivity index (χ1v) is 17.1. The molecule has 0 fully saturated rings. The van der Waals surface area contributed by atoms with Gasteiger partial charge in [0.05, 0.1) is 13.8 Å². The van der Waals surface area contributed by atoms with Gasteiger partial charge in [-0.25, -0.2) is 0 Å². The third kappa shape index (κ3) is 5.92. The summed E-state index contributed by atoms with van der Waals surface area (Å²) >= 11 is -0.826. The van der Waals surface area contributed by atoms with Gasteiger partial charge in [-0.1, -0.05) is 43.8 Å². The molecule has 6 heteroatoms. The van der Waals surface area contributed by atoms with Crippen molar-refractivity contribution in [2.45, 2.75) is 46.8 Å². The molecular weight excluding hydrogens is 448 g/mol. The van der Waals surface area contributed by atoms with Gasteiger partial charge < -0.3 is 10.4 Å². The van der Waals surface area contributed by atoms with Crippen LogP contribution in [-0.4, -0.2) is 24.9 Å². The van der Waals surface area contributed by atoms with Crippen LogP contribution in [0.1, 0.15) is 27.7 Å². The van der Waals surface area contributed by atoms with Gasteiger partial charge in [-0.05, 0) is 49.6 Å². The second-order valence-electron chi connectivity index (χ2n) is 6.51. The van der Waals surface area contributed by atoms with Crippen LogP contribution in [-0.2, 0) is 20.8 Å². The number of aliphatic hydroxyl groups is 1. The molecule has 2 N–H and O–H groups in total. The van der Waals surface area contributed by atoms with Gasteiger partial charge in [0.15, 0.2) is 0 Å². The van der Waals surface area contributed by atoms with E-state index in [1.165, 1.54) is 22.3 Å². The van der Waals surface area contributed by atoms with Gasteiger partial charge in [0.25, 0.3) is 0 Å². The number of hydrogen-bond acceptors (Lipinski definition) is 2. The monoisotopic (exact) mass is 473 g/mol. The van der Waals surface area contributed by atoms with Crippen LogP contribution in [0.25, 0.3) is 0 Å². The molecule has 2 nitrogen and oxygen atoms in total. The molecule has 0 spiro atoms. The maximum absolute atomic E-state index is 10.8. The number of para-hydroxylation sites is 1. The maximum atomic E-state index is 10.8. The van der Waals surface area contributed by atoms with Crippen LogP contribution in [0, 0.1) is 5.92 Å². The molecule has 1 aliphatic rings. The molecule has 0 saturated carbocycles. The molecule has 1 aliphatic carbocycles. The summed E-state index contributed by atoms with van der Waals surface area (Å²) < 4.78 is 0. The van der Waals surface area contributed by atoms with E-state index >= 15 is 0 Å². The van der Waals surface area contributed by atoms with Crippen LogP contribution in [0.5, 0.6) is 0 Å². The quantitative estimate of drug-likeness (QED) is 0.525. The predicted octanol–water partition coefficient (Wildman–Crippen LogP) is 5.98. The molecule has 0 heterocycles. The molecule has 2 unspecified atom stereocenters. The van der Waals surface area contributed by atoms with Crippen LogP contribution < -0.4 is 5.32 Å². The van der Waals surface area contributed by atoms with Gasteiger partial charge in [-0.3, -0.25) is 0 Å². The summed E-state index contributed by atoms with van der Waals surface area (Å²) in [6, 6.07) is 10.1. The van der Waals surface area contributed by atoms with Crippen molar-refractivity contribution in [3.63, 3.8) is 0 Å². The van der Waals surface area contributed by atoms with Crippen molar-refractivity contribution >= 4 is 36.5 Å². The van der Waals surface area contributed by atoms with Crippen LogP contribution in [0.3, 0.4) is 0 Å². The van der Waals surface area contributed by atoms with Crippen LogP contribution in [0.15, 0.2) is 52.6 Å². The summed E-state index contributed by atoms with van der Waals surface area (Å²) in [6.07, 6.45) is 0. The number of benzene rings is 1. The first-order chi connectivity index (χ1) is 11.8. The second kappa shape index (κ2) is 10.9. The number of rotatable bonds is 4. The van der Waals surface area contributed by atoms with Crippen molar-refractivity contribution in [3.05, 3.63) is 52.6 Å². The van der Waals surface area contributed by atoms with Crippen LogP contribution in [0.4, 0.5) is 5.69 Å². The molecule has 2 rings (SSSR count). The molecule has 0 amide bonds. The van der Waals surface area contributed by atoms with Gasteiger partial charge in [-0.2, -0.15) is 0 Å². The molecule has 0 radical (unpaired) electrons. The van der Waals surface area contributed by atoms with Crippen LogP contribution in [0.2, 0.25) is 13.1 Å². The number of aliphatic hydroxyl groups excluding tert-OH is 1. The molecular formula is C19H27Cl2NOSiZr. The van der Waals surface area contributed by atoms with E-state index < -0.39 is 29.3 Å². The fourth-order valence-corrected chi connectivity index (χ4v) is 3.95. The SMILES string of the molecule is CC1=C(C)C(C)C(C(Nc2ccccc2)C(O)=[Si](C)C)=C1C.[Cl][Zr][Cl]. The molecule has 25 heavy (non-hydrogen) atoms. The minimum atomic E-state index is -0.891. The Kier molecular flexibility index (Phi) is 9.95. The van der Waals surface area contributed by atoms with Gasteiger partial charge in [0.2, 0.25) is 0 Å². The van der Waals surface area contributed by atoms with Crippen LogP contribution >= 0.6 is 17.0 Å². The standard InChI is InChI=1S/C19H27NOSi.2ClH.Zr/c1-12-13(2)15(4)17(14(12)3)18(19(21)22(5)6)20-16-10-8-7-9-11-16;;;/h7-11,14,18,20-21H,1-6H3;2*1H;/q;;;+2/p-2. The van der Waals surface area contributed by atoms with Gasteiger partial charge in [-0.15, -0.1) is 0 Å². The summed E-state index contributed by atoms with van der Waals surface area (Å²) in [5.41, 5.74) is 6.49. The van der Waals surface area contributed by atoms with Crippen molar-refractivity contribution in [2.24, 2.45) is 5.92 Å². The first-order valence-electron chi connectivity index (χ1n) is 8.28. The zero-order chi connectivity index (χ0) is 19.1. The van der Waals surface area contributed by atoms with E-state index in [2.05, 4.69) is 58.2 Å². The number of nitrogens with one attached hydrogen (secondary N) is 1. The Labute approximate surface area is 172 Å². The number of allylic oxidation sites excluding steroid dienone is 3. The molecule has 0 saturated heterocycles. The molecule has 1 aromatic rings. The van der Waals surface area contributed by atoms with E-state index in [0.717, 1.165) is 5.69 Å². The number of halogens is 2.